The first-order valence-corrected chi connectivity index (χ1v) is 18.3. The lowest BCUT2D eigenvalue weighted by molar-refractivity contribution is 0.276. The number of piperidine rings is 1. The minimum absolute atomic E-state index is 0.856. The highest BCUT2D eigenvalue weighted by atomic mass is 15.1. The zero-order chi connectivity index (χ0) is 33.9. The standard InChI is InChI=1S/C24H35N3.C8H9B.C4H10.C3H8.C2H6/c1-19(27-16-10-7-11-17-27)12-8-5-4-6-9-13-22-14-15-23-20(2)25-21(3)26-24(23)18-22;1-2-7-4-3-5-8(9)6-7;1-3-4-2;1-3-2;1-2/h14-15,18H,1,4-13,16-17H2,2-3H3;3-6H,2H2,1H3;3-4H2,1-2H3;3H2,1-2H3;1-2H3. The van der Waals surface area contributed by atoms with Gasteiger partial charge in [0.25, 0.3) is 0 Å². The smallest absolute Gasteiger partial charge is 0.126 e. The summed E-state index contributed by atoms with van der Waals surface area (Å²) in [5, 5.41) is 1.18. The third-order valence-corrected chi connectivity index (χ3v) is 7.66. The van der Waals surface area contributed by atoms with Crippen molar-refractivity contribution in [1.82, 2.24) is 14.9 Å². The maximum atomic E-state index is 5.53. The molecular weight excluding hydrogens is 545 g/mol. The zero-order valence-corrected chi connectivity index (χ0v) is 31.0. The number of allylic oxidation sites excluding steroid dienone is 1. The van der Waals surface area contributed by atoms with Crippen molar-refractivity contribution in [2.24, 2.45) is 0 Å². The number of hydrogen-bond donors (Lipinski definition) is 0. The van der Waals surface area contributed by atoms with E-state index in [1.54, 1.807) is 0 Å². The van der Waals surface area contributed by atoms with E-state index in [9.17, 15) is 0 Å². The van der Waals surface area contributed by atoms with Gasteiger partial charge in [0.15, 0.2) is 0 Å². The molecule has 0 atom stereocenters. The van der Waals surface area contributed by atoms with Gasteiger partial charge < -0.3 is 4.90 Å². The van der Waals surface area contributed by atoms with Gasteiger partial charge in [0.1, 0.15) is 13.7 Å². The van der Waals surface area contributed by atoms with Crippen molar-refractivity contribution in [3.05, 3.63) is 77.4 Å². The van der Waals surface area contributed by atoms with E-state index >= 15 is 0 Å². The lowest BCUT2D eigenvalue weighted by atomic mass is 9.94. The molecule has 2 radical (unpaired) electrons. The first-order chi connectivity index (χ1) is 21.8. The molecule has 2 aromatic carbocycles. The number of aromatic nitrogens is 2. The molecule has 4 rings (SSSR count). The lowest BCUT2D eigenvalue weighted by Gasteiger charge is -2.30. The number of rotatable bonds is 11. The summed E-state index contributed by atoms with van der Waals surface area (Å²) in [4.78, 5) is 11.6. The molecule has 1 aliphatic heterocycles. The van der Waals surface area contributed by atoms with E-state index in [2.05, 4.69) is 87.3 Å². The molecule has 0 N–H and O–H groups in total. The number of likely N-dealkylation sites (tertiary alicyclic amines) is 1. The van der Waals surface area contributed by atoms with Crippen LogP contribution in [0.5, 0.6) is 0 Å². The average molecular weight is 614 g/mol. The number of fused-ring (bicyclic) bond motifs is 1. The van der Waals surface area contributed by atoms with Crippen molar-refractivity contribution < 1.29 is 0 Å². The molecule has 0 aliphatic carbocycles. The summed E-state index contributed by atoms with van der Waals surface area (Å²) in [6, 6.07) is 14.6. The van der Waals surface area contributed by atoms with Crippen LogP contribution in [0, 0.1) is 13.8 Å². The third-order valence-electron chi connectivity index (χ3n) is 7.66. The average Bonchev–Trinajstić information content (AvgIpc) is 3.06. The second-order valence-corrected chi connectivity index (χ2v) is 11.9. The molecule has 2 heterocycles. The van der Waals surface area contributed by atoms with Crippen molar-refractivity contribution in [3.8, 4) is 0 Å². The minimum atomic E-state index is 0.856. The van der Waals surface area contributed by atoms with Gasteiger partial charge in [-0.3, -0.25) is 0 Å². The van der Waals surface area contributed by atoms with Crippen LogP contribution in [-0.4, -0.2) is 35.8 Å². The van der Waals surface area contributed by atoms with E-state index in [0.717, 1.165) is 35.3 Å². The van der Waals surface area contributed by atoms with Crippen molar-refractivity contribution in [2.45, 2.75) is 152 Å². The van der Waals surface area contributed by atoms with Gasteiger partial charge in [0.05, 0.1) is 5.52 Å². The summed E-state index contributed by atoms with van der Waals surface area (Å²) >= 11 is 0. The quantitative estimate of drug-likeness (QED) is 0.159. The van der Waals surface area contributed by atoms with Crippen LogP contribution in [0.25, 0.3) is 10.9 Å². The number of unbranched alkanes of at least 4 members (excludes halogenated alkanes) is 5. The Bertz CT molecular complexity index is 1150. The summed E-state index contributed by atoms with van der Waals surface area (Å²) in [5.74, 6) is 0.864. The van der Waals surface area contributed by atoms with E-state index in [1.807, 2.05) is 39.0 Å². The number of nitrogens with zero attached hydrogens (tertiary/aromatic N) is 3. The number of hydrogen-bond acceptors (Lipinski definition) is 3. The van der Waals surface area contributed by atoms with E-state index in [1.165, 1.54) is 112 Å². The van der Waals surface area contributed by atoms with Gasteiger partial charge in [-0.1, -0.05) is 135 Å². The second kappa shape index (κ2) is 27.7. The molecule has 3 nitrogen and oxygen atoms in total. The van der Waals surface area contributed by atoms with Crippen LogP contribution in [0.3, 0.4) is 0 Å². The highest BCUT2D eigenvalue weighted by Gasteiger charge is 2.11. The predicted molar refractivity (Wildman–Crippen MR) is 204 cm³/mol. The Labute approximate surface area is 281 Å². The maximum absolute atomic E-state index is 5.53. The van der Waals surface area contributed by atoms with Crippen LogP contribution in [0.15, 0.2) is 54.7 Å². The van der Waals surface area contributed by atoms with Crippen molar-refractivity contribution >= 4 is 24.2 Å². The van der Waals surface area contributed by atoms with Crippen molar-refractivity contribution in [3.63, 3.8) is 0 Å². The van der Waals surface area contributed by atoms with E-state index < -0.39 is 0 Å². The Kier molecular flexibility index (Phi) is 26.1. The molecular formula is C41H68BN3. The Morgan fingerprint density at radius 3 is 1.98 bits per heavy atom. The fraction of sp³-hybridized carbons (Fsp3) is 0.610. The number of benzene rings is 2. The van der Waals surface area contributed by atoms with Gasteiger partial charge in [-0.2, -0.15) is 0 Å². The van der Waals surface area contributed by atoms with Crippen LogP contribution < -0.4 is 5.46 Å². The molecule has 0 bridgehead atoms. The molecule has 0 amide bonds. The highest BCUT2D eigenvalue weighted by Crippen LogP contribution is 2.20. The molecule has 1 saturated heterocycles. The summed E-state index contributed by atoms with van der Waals surface area (Å²) in [5.41, 5.74) is 7.10. The van der Waals surface area contributed by atoms with E-state index in [0.29, 0.717) is 0 Å². The fourth-order valence-electron chi connectivity index (χ4n) is 5.00. The summed E-state index contributed by atoms with van der Waals surface area (Å²) in [6.45, 7) is 25.5. The molecule has 1 fully saturated rings. The van der Waals surface area contributed by atoms with E-state index in [4.69, 9.17) is 7.85 Å². The van der Waals surface area contributed by atoms with Crippen molar-refractivity contribution in [2.75, 3.05) is 13.1 Å². The summed E-state index contributed by atoms with van der Waals surface area (Å²) in [6.07, 6.45) is 17.9. The van der Waals surface area contributed by atoms with Gasteiger partial charge in [-0.05, 0) is 82.4 Å². The monoisotopic (exact) mass is 614 g/mol. The van der Waals surface area contributed by atoms with Gasteiger partial charge in [0.2, 0.25) is 0 Å². The summed E-state index contributed by atoms with van der Waals surface area (Å²) < 4.78 is 0. The predicted octanol–water partition coefficient (Wildman–Crippen LogP) is 11.4. The highest BCUT2D eigenvalue weighted by molar-refractivity contribution is 6.32. The van der Waals surface area contributed by atoms with Gasteiger partial charge >= 0.3 is 0 Å². The molecule has 4 heteroatoms. The molecule has 0 spiro atoms. The van der Waals surface area contributed by atoms with Crippen LogP contribution >= 0.6 is 0 Å². The topological polar surface area (TPSA) is 29.0 Å². The zero-order valence-electron chi connectivity index (χ0n) is 31.0. The molecule has 3 aromatic rings. The lowest BCUT2D eigenvalue weighted by Crippen LogP contribution is -2.28. The maximum Gasteiger partial charge on any atom is 0.126 e. The van der Waals surface area contributed by atoms with Crippen molar-refractivity contribution in [1.29, 1.82) is 0 Å². The molecule has 250 valence electrons. The molecule has 0 saturated carbocycles. The largest absolute Gasteiger partial charge is 0.375 e. The molecule has 45 heavy (non-hydrogen) atoms. The summed E-state index contributed by atoms with van der Waals surface area (Å²) in [7, 11) is 5.53. The third kappa shape index (κ3) is 19.5. The van der Waals surface area contributed by atoms with Gasteiger partial charge in [0, 0.05) is 29.9 Å². The van der Waals surface area contributed by atoms with E-state index in [-0.39, 0.29) is 0 Å². The normalized spacial score (nSPS) is 11.9. The Balaban J connectivity index is 0.000000882. The Morgan fingerprint density at radius 1 is 0.778 bits per heavy atom. The fourth-order valence-corrected chi connectivity index (χ4v) is 5.00. The van der Waals surface area contributed by atoms with Gasteiger partial charge in [-0.25, -0.2) is 9.97 Å². The Hall–Kier alpha value is -2.62. The first-order valence-electron chi connectivity index (χ1n) is 18.3. The second-order valence-electron chi connectivity index (χ2n) is 11.9. The molecule has 0 unspecified atom stereocenters. The minimum Gasteiger partial charge on any atom is -0.375 e. The van der Waals surface area contributed by atoms with Crippen LogP contribution in [-0.2, 0) is 12.8 Å². The molecule has 1 aromatic heterocycles. The Morgan fingerprint density at radius 2 is 1.40 bits per heavy atom. The molecule has 1 aliphatic rings. The van der Waals surface area contributed by atoms with Crippen LogP contribution in [0.4, 0.5) is 0 Å². The van der Waals surface area contributed by atoms with Crippen LogP contribution in [0.2, 0.25) is 0 Å². The van der Waals surface area contributed by atoms with Gasteiger partial charge in [-0.15, -0.1) is 0 Å². The number of aryl methyl sites for hydroxylation is 4. The first kappa shape index (κ1) is 42.4. The van der Waals surface area contributed by atoms with Crippen LogP contribution in [0.1, 0.15) is 148 Å². The SMILES string of the molecule is C=C(CCCCCCCc1ccc2c(C)nc(C)nc2c1)N1CCCCC1.CC.CCC.CCCC.[B]c1cccc(CC)c1.